The SMILES string of the molecule is Cc1cc(Cl)ccc1OCCCC(=O)NOCc1ccc(B(O)O)cc1. The van der Waals surface area contributed by atoms with Gasteiger partial charge in [-0.2, -0.15) is 0 Å². The number of ether oxygens (including phenoxy) is 1. The molecule has 2 aromatic carbocycles. The van der Waals surface area contributed by atoms with Crippen LogP contribution in [0.25, 0.3) is 0 Å². The number of carbonyl (C=O) groups is 1. The topological polar surface area (TPSA) is 88.0 Å². The summed E-state index contributed by atoms with van der Waals surface area (Å²) in [5.74, 6) is 0.520. The summed E-state index contributed by atoms with van der Waals surface area (Å²) in [6, 6.07) is 12.0. The van der Waals surface area contributed by atoms with Gasteiger partial charge in [-0.1, -0.05) is 35.9 Å². The molecule has 0 heterocycles. The van der Waals surface area contributed by atoms with Crippen molar-refractivity contribution in [2.45, 2.75) is 26.4 Å². The summed E-state index contributed by atoms with van der Waals surface area (Å²) in [7, 11) is -1.50. The van der Waals surface area contributed by atoms with Gasteiger partial charge in [-0.15, -0.1) is 0 Å². The fourth-order valence-electron chi connectivity index (χ4n) is 2.23. The molecule has 0 fully saturated rings. The first kappa shape index (κ1) is 20.3. The Morgan fingerprint density at radius 2 is 1.92 bits per heavy atom. The van der Waals surface area contributed by atoms with Crippen molar-refractivity contribution in [2.24, 2.45) is 0 Å². The normalized spacial score (nSPS) is 10.5. The van der Waals surface area contributed by atoms with Crippen LogP contribution in [0.3, 0.4) is 0 Å². The number of benzene rings is 2. The third-order valence-corrected chi connectivity index (χ3v) is 3.88. The molecule has 0 saturated heterocycles. The summed E-state index contributed by atoms with van der Waals surface area (Å²) in [5, 5.41) is 18.7. The average molecular weight is 378 g/mol. The van der Waals surface area contributed by atoms with Crippen LogP contribution >= 0.6 is 11.6 Å². The highest BCUT2D eigenvalue weighted by molar-refractivity contribution is 6.58. The molecule has 0 aromatic heterocycles. The molecule has 26 heavy (non-hydrogen) atoms. The fraction of sp³-hybridized carbons (Fsp3) is 0.278. The number of carbonyl (C=O) groups excluding carboxylic acids is 1. The first-order valence-corrected chi connectivity index (χ1v) is 8.58. The van der Waals surface area contributed by atoms with Crippen LogP contribution in [0.2, 0.25) is 5.02 Å². The molecule has 0 aliphatic rings. The van der Waals surface area contributed by atoms with Crippen LogP contribution in [-0.4, -0.2) is 29.7 Å². The summed E-state index contributed by atoms with van der Waals surface area (Å²) >= 11 is 5.89. The Hall–Kier alpha value is -2.06. The van der Waals surface area contributed by atoms with E-state index in [0.717, 1.165) is 16.9 Å². The lowest BCUT2D eigenvalue weighted by atomic mass is 9.80. The quantitative estimate of drug-likeness (QED) is 0.352. The van der Waals surface area contributed by atoms with Crippen molar-refractivity contribution in [3.8, 4) is 5.75 Å². The average Bonchev–Trinajstić information content (AvgIpc) is 2.60. The summed E-state index contributed by atoms with van der Waals surface area (Å²) in [5.41, 5.74) is 4.52. The van der Waals surface area contributed by atoms with E-state index in [2.05, 4.69) is 5.48 Å². The van der Waals surface area contributed by atoms with Gasteiger partial charge in [0.05, 0.1) is 13.2 Å². The molecule has 0 bridgehead atoms. The molecule has 0 aliphatic heterocycles. The van der Waals surface area contributed by atoms with Crippen molar-refractivity contribution >= 4 is 30.1 Å². The van der Waals surface area contributed by atoms with Gasteiger partial charge in [-0.3, -0.25) is 9.63 Å². The predicted octanol–water partition coefficient (Wildman–Crippen LogP) is 1.74. The molecule has 138 valence electrons. The van der Waals surface area contributed by atoms with Crippen LogP contribution in [-0.2, 0) is 16.2 Å². The predicted molar refractivity (Wildman–Crippen MR) is 100 cm³/mol. The summed E-state index contributed by atoms with van der Waals surface area (Å²) in [6.07, 6.45) is 0.836. The van der Waals surface area contributed by atoms with Gasteiger partial charge in [-0.05, 0) is 48.1 Å². The van der Waals surface area contributed by atoms with Gasteiger partial charge in [0.2, 0.25) is 5.91 Å². The molecule has 0 radical (unpaired) electrons. The van der Waals surface area contributed by atoms with Crippen LogP contribution in [0.4, 0.5) is 0 Å². The third kappa shape index (κ3) is 6.69. The van der Waals surface area contributed by atoms with Gasteiger partial charge < -0.3 is 14.8 Å². The Morgan fingerprint density at radius 1 is 1.19 bits per heavy atom. The monoisotopic (exact) mass is 377 g/mol. The zero-order valence-corrected chi connectivity index (χ0v) is 15.2. The minimum absolute atomic E-state index is 0.189. The Balaban J connectivity index is 1.61. The number of rotatable bonds is 9. The van der Waals surface area contributed by atoms with Crippen LogP contribution in [0.5, 0.6) is 5.75 Å². The van der Waals surface area contributed by atoms with Gasteiger partial charge in [0.25, 0.3) is 0 Å². The first-order valence-electron chi connectivity index (χ1n) is 8.20. The molecule has 0 saturated carbocycles. The van der Waals surface area contributed by atoms with Crippen molar-refractivity contribution in [3.63, 3.8) is 0 Å². The standard InChI is InChI=1S/C18H21BClNO5/c1-13-11-16(20)8-9-17(13)25-10-2-3-18(22)21-26-12-14-4-6-15(7-5-14)19(23)24/h4-9,11,23-24H,2-3,10,12H2,1H3,(H,21,22). The molecule has 0 spiro atoms. The summed E-state index contributed by atoms with van der Waals surface area (Å²) < 4.78 is 5.63. The number of amides is 1. The maximum Gasteiger partial charge on any atom is 0.488 e. The smallest absolute Gasteiger partial charge is 0.488 e. The molecule has 2 rings (SSSR count). The minimum Gasteiger partial charge on any atom is -0.493 e. The second-order valence-corrected chi connectivity index (χ2v) is 6.23. The second-order valence-electron chi connectivity index (χ2n) is 5.79. The van der Waals surface area contributed by atoms with E-state index < -0.39 is 7.12 Å². The van der Waals surface area contributed by atoms with Crippen molar-refractivity contribution in [3.05, 3.63) is 58.6 Å². The number of hydrogen-bond acceptors (Lipinski definition) is 5. The Bertz CT molecular complexity index is 724. The number of hydroxylamine groups is 1. The lowest BCUT2D eigenvalue weighted by molar-refractivity contribution is -0.134. The van der Waals surface area contributed by atoms with E-state index in [1.54, 1.807) is 30.3 Å². The second kappa shape index (κ2) is 10.2. The maximum atomic E-state index is 11.7. The minimum atomic E-state index is -1.50. The van der Waals surface area contributed by atoms with Crippen molar-refractivity contribution < 1.29 is 24.4 Å². The van der Waals surface area contributed by atoms with Crippen LogP contribution in [0.1, 0.15) is 24.0 Å². The van der Waals surface area contributed by atoms with E-state index in [9.17, 15) is 4.79 Å². The number of aryl methyl sites for hydroxylation is 1. The number of nitrogens with one attached hydrogen (secondary N) is 1. The number of hydrogen-bond donors (Lipinski definition) is 3. The van der Waals surface area contributed by atoms with Crippen molar-refractivity contribution in [1.82, 2.24) is 5.48 Å². The molecule has 1 amide bonds. The van der Waals surface area contributed by atoms with Crippen LogP contribution in [0, 0.1) is 6.92 Å². The van der Waals surface area contributed by atoms with E-state index in [1.807, 2.05) is 19.1 Å². The highest BCUT2D eigenvalue weighted by Crippen LogP contribution is 2.21. The Kier molecular flexibility index (Phi) is 7.93. The Morgan fingerprint density at radius 3 is 2.58 bits per heavy atom. The molecular weight excluding hydrogens is 356 g/mol. The molecule has 2 aromatic rings. The molecule has 0 unspecified atom stereocenters. The Labute approximate surface area is 157 Å². The summed E-state index contributed by atoms with van der Waals surface area (Å²) in [4.78, 5) is 16.9. The highest BCUT2D eigenvalue weighted by Gasteiger charge is 2.10. The third-order valence-electron chi connectivity index (χ3n) is 3.65. The van der Waals surface area contributed by atoms with E-state index in [0.29, 0.717) is 23.5 Å². The lowest BCUT2D eigenvalue weighted by Gasteiger charge is -2.10. The van der Waals surface area contributed by atoms with Crippen molar-refractivity contribution in [2.75, 3.05) is 6.61 Å². The lowest BCUT2D eigenvalue weighted by Crippen LogP contribution is -2.29. The summed E-state index contributed by atoms with van der Waals surface area (Å²) in [6.45, 7) is 2.52. The molecule has 8 heteroatoms. The highest BCUT2D eigenvalue weighted by atomic mass is 35.5. The maximum absolute atomic E-state index is 11.7. The van der Waals surface area contributed by atoms with E-state index in [4.69, 9.17) is 31.2 Å². The molecule has 0 atom stereocenters. The molecule has 3 N–H and O–H groups in total. The van der Waals surface area contributed by atoms with Gasteiger partial charge >= 0.3 is 7.12 Å². The van der Waals surface area contributed by atoms with E-state index in [-0.39, 0.29) is 18.9 Å². The van der Waals surface area contributed by atoms with Crippen LogP contribution < -0.4 is 15.7 Å². The van der Waals surface area contributed by atoms with Crippen molar-refractivity contribution in [1.29, 1.82) is 0 Å². The molecular formula is C18H21BClNO5. The molecule has 6 nitrogen and oxygen atoms in total. The van der Waals surface area contributed by atoms with Gasteiger partial charge in [0.1, 0.15) is 5.75 Å². The first-order chi connectivity index (χ1) is 12.5. The van der Waals surface area contributed by atoms with E-state index >= 15 is 0 Å². The zero-order chi connectivity index (χ0) is 18.9. The van der Waals surface area contributed by atoms with Gasteiger partial charge in [0.15, 0.2) is 0 Å². The largest absolute Gasteiger partial charge is 0.493 e. The van der Waals surface area contributed by atoms with Gasteiger partial charge in [0, 0.05) is 11.4 Å². The van der Waals surface area contributed by atoms with Gasteiger partial charge in [-0.25, -0.2) is 5.48 Å². The molecule has 0 aliphatic carbocycles. The van der Waals surface area contributed by atoms with E-state index in [1.165, 1.54) is 0 Å². The number of halogens is 1. The zero-order valence-electron chi connectivity index (χ0n) is 14.4. The van der Waals surface area contributed by atoms with Crippen LogP contribution in [0.15, 0.2) is 42.5 Å². The fourth-order valence-corrected chi connectivity index (χ4v) is 2.45.